The first-order chi connectivity index (χ1) is 8.88. The van der Waals surface area contributed by atoms with Gasteiger partial charge in [0.1, 0.15) is 11.5 Å². The lowest BCUT2D eigenvalue weighted by molar-refractivity contribution is 0.0471. The van der Waals surface area contributed by atoms with Crippen molar-refractivity contribution in [2.75, 3.05) is 0 Å². The molecule has 0 aliphatic rings. The molecule has 0 aliphatic heterocycles. The molecule has 0 aromatic heterocycles. The number of hydrogen-bond donors (Lipinski definition) is 0. The van der Waals surface area contributed by atoms with Crippen LogP contribution in [-0.2, 0) is 0 Å². The van der Waals surface area contributed by atoms with Gasteiger partial charge in [-0.2, -0.15) is 0 Å². The van der Waals surface area contributed by atoms with E-state index in [-0.39, 0.29) is 0 Å². The van der Waals surface area contributed by atoms with Crippen LogP contribution in [0.25, 0.3) is 0 Å². The van der Waals surface area contributed by atoms with Crippen molar-refractivity contribution in [3.05, 3.63) is 72.8 Å². The SMILES string of the molecule is CC=CC(Oc1ccccc1)Oc1ccccc1. The molecule has 0 aliphatic carbocycles. The fourth-order valence-corrected chi connectivity index (χ4v) is 1.53. The summed E-state index contributed by atoms with van der Waals surface area (Å²) in [5.74, 6) is 1.58. The third-order valence-corrected chi connectivity index (χ3v) is 2.34. The van der Waals surface area contributed by atoms with Crippen LogP contribution in [0.3, 0.4) is 0 Å². The van der Waals surface area contributed by atoms with Crippen molar-refractivity contribution < 1.29 is 9.47 Å². The average Bonchev–Trinajstić information content (AvgIpc) is 2.41. The minimum Gasteiger partial charge on any atom is -0.451 e. The summed E-state index contributed by atoms with van der Waals surface area (Å²) in [6.07, 6.45) is 3.37. The molecule has 0 fully saturated rings. The summed E-state index contributed by atoms with van der Waals surface area (Å²) in [6, 6.07) is 19.3. The Balaban J connectivity index is 2.05. The van der Waals surface area contributed by atoms with E-state index in [0.717, 1.165) is 11.5 Å². The monoisotopic (exact) mass is 240 g/mol. The number of ether oxygens (including phenoxy) is 2. The van der Waals surface area contributed by atoms with Crippen molar-refractivity contribution in [1.82, 2.24) is 0 Å². The van der Waals surface area contributed by atoms with Gasteiger partial charge in [0.25, 0.3) is 6.29 Å². The van der Waals surface area contributed by atoms with E-state index in [1.54, 1.807) is 0 Å². The van der Waals surface area contributed by atoms with E-state index in [0.29, 0.717) is 0 Å². The van der Waals surface area contributed by atoms with E-state index >= 15 is 0 Å². The van der Waals surface area contributed by atoms with Gasteiger partial charge in [0.2, 0.25) is 0 Å². The maximum absolute atomic E-state index is 5.75. The average molecular weight is 240 g/mol. The lowest BCUT2D eigenvalue weighted by Crippen LogP contribution is -2.21. The molecular weight excluding hydrogens is 224 g/mol. The first-order valence-electron chi connectivity index (χ1n) is 5.95. The molecule has 0 N–H and O–H groups in total. The van der Waals surface area contributed by atoms with Gasteiger partial charge in [-0.3, -0.25) is 0 Å². The van der Waals surface area contributed by atoms with Gasteiger partial charge >= 0.3 is 0 Å². The molecule has 0 saturated carbocycles. The van der Waals surface area contributed by atoms with Gasteiger partial charge in [-0.15, -0.1) is 0 Å². The zero-order chi connectivity index (χ0) is 12.6. The van der Waals surface area contributed by atoms with Crippen LogP contribution >= 0.6 is 0 Å². The molecule has 2 aromatic rings. The number of allylic oxidation sites excluding steroid dienone is 1. The molecule has 0 amide bonds. The minimum atomic E-state index is -0.417. The Hall–Kier alpha value is -2.22. The van der Waals surface area contributed by atoms with Crippen LogP contribution < -0.4 is 9.47 Å². The van der Waals surface area contributed by atoms with Crippen molar-refractivity contribution in [1.29, 1.82) is 0 Å². The Morgan fingerprint density at radius 3 is 1.61 bits per heavy atom. The summed E-state index contributed by atoms with van der Waals surface area (Å²) in [4.78, 5) is 0. The lowest BCUT2D eigenvalue weighted by atomic mass is 10.3. The maximum Gasteiger partial charge on any atom is 0.260 e. The second kappa shape index (κ2) is 6.50. The summed E-state index contributed by atoms with van der Waals surface area (Å²) in [7, 11) is 0. The Kier molecular flexibility index (Phi) is 4.42. The molecule has 0 bridgehead atoms. The molecule has 0 atom stereocenters. The molecular formula is C16H16O2. The molecule has 0 radical (unpaired) electrons. The van der Waals surface area contributed by atoms with E-state index in [4.69, 9.17) is 9.47 Å². The largest absolute Gasteiger partial charge is 0.451 e. The Morgan fingerprint density at radius 2 is 1.22 bits per heavy atom. The van der Waals surface area contributed by atoms with Crippen molar-refractivity contribution in [2.45, 2.75) is 13.2 Å². The predicted octanol–water partition coefficient (Wildman–Crippen LogP) is 4.05. The highest BCUT2D eigenvalue weighted by Crippen LogP contribution is 2.16. The number of rotatable bonds is 5. The van der Waals surface area contributed by atoms with Crippen molar-refractivity contribution in [3.8, 4) is 11.5 Å². The topological polar surface area (TPSA) is 18.5 Å². The van der Waals surface area contributed by atoms with Gasteiger partial charge in [-0.1, -0.05) is 42.5 Å². The first kappa shape index (κ1) is 12.2. The van der Waals surface area contributed by atoms with Crippen LogP contribution in [0.15, 0.2) is 72.8 Å². The van der Waals surface area contributed by atoms with E-state index in [9.17, 15) is 0 Å². The smallest absolute Gasteiger partial charge is 0.260 e. The Bertz CT molecular complexity index is 435. The van der Waals surface area contributed by atoms with E-state index in [1.165, 1.54) is 0 Å². The van der Waals surface area contributed by atoms with E-state index < -0.39 is 6.29 Å². The molecule has 2 aromatic carbocycles. The molecule has 0 heterocycles. The fourth-order valence-electron chi connectivity index (χ4n) is 1.53. The first-order valence-corrected chi connectivity index (χ1v) is 5.95. The molecule has 2 heteroatoms. The fraction of sp³-hybridized carbons (Fsp3) is 0.125. The summed E-state index contributed by atoms with van der Waals surface area (Å²) in [5, 5.41) is 0. The van der Waals surface area contributed by atoms with Crippen LogP contribution in [0.1, 0.15) is 6.92 Å². The summed E-state index contributed by atoms with van der Waals surface area (Å²) >= 11 is 0. The molecule has 0 spiro atoms. The van der Waals surface area contributed by atoms with Crippen LogP contribution in [0.4, 0.5) is 0 Å². The van der Waals surface area contributed by atoms with Gasteiger partial charge in [0, 0.05) is 0 Å². The minimum absolute atomic E-state index is 0.417. The zero-order valence-electron chi connectivity index (χ0n) is 10.3. The highest BCUT2D eigenvalue weighted by atomic mass is 16.7. The third-order valence-electron chi connectivity index (χ3n) is 2.34. The highest BCUT2D eigenvalue weighted by Gasteiger charge is 2.07. The zero-order valence-corrected chi connectivity index (χ0v) is 10.3. The van der Waals surface area contributed by atoms with Crippen LogP contribution in [0, 0.1) is 0 Å². The summed E-state index contributed by atoms with van der Waals surface area (Å²) in [6.45, 7) is 1.94. The quantitative estimate of drug-likeness (QED) is 0.580. The van der Waals surface area contributed by atoms with Crippen LogP contribution in [0.5, 0.6) is 11.5 Å². The number of hydrogen-bond acceptors (Lipinski definition) is 2. The third kappa shape index (κ3) is 3.67. The van der Waals surface area contributed by atoms with Crippen molar-refractivity contribution in [3.63, 3.8) is 0 Å². The molecule has 0 unspecified atom stereocenters. The standard InChI is InChI=1S/C16H16O2/c1-2-9-16(17-14-10-5-3-6-11-14)18-15-12-7-4-8-13-15/h2-13,16H,1H3. The van der Waals surface area contributed by atoms with E-state index in [2.05, 4.69) is 0 Å². The number of para-hydroxylation sites is 2. The van der Waals surface area contributed by atoms with Gasteiger partial charge < -0.3 is 9.47 Å². The van der Waals surface area contributed by atoms with Gasteiger partial charge in [0.05, 0.1) is 0 Å². The van der Waals surface area contributed by atoms with Gasteiger partial charge in [0.15, 0.2) is 0 Å². The van der Waals surface area contributed by atoms with Crippen LogP contribution in [-0.4, -0.2) is 6.29 Å². The summed E-state index contributed by atoms with van der Waals surface area (Å²) < 4.78 is 11.5. The normalized spacial score (nSPS) is 10.8. The molecule has 92 valence electrons. The lowest BCUT2D eigenvalue weighted by Gasteiger charge is -2.17. The Morgan fingerprint density at radius 1 is 0.778 bits per heavy atom. The van der Waals surface area contributed by atoms with E-state index in [1.807, 2.05) is 79.7 Å². The van der Waals surface area contributed by atoms with Crippen LogP contribution in [0.2, 0.25) is 0 Å². The molecule has 18 heavy (non-hydrogen) atoms. The number of benzene rings is 2. The molecule has 0 saturated heterocycles. The summed E-state index contributed by atoms with van der Waals surface area (Å²) in [5.41, 5.74) is 0. The second-order valence-electron chi connectivity index (χ2n) is 3.76. The van der Waals surface area contributed by atoms with Crippen molar-refractivity contribution >= 4 is 0 Å². The van der Waals surface area contributed by atoms with Gasteiger partial charge in [-0.05, 0) is 37.3 Å². The Labute approximate surface area is 107 Å². The predicted molar refractivity (Wildman–Crippen MR) is 72.7 cm³/mol. The van der Waals surface area contributed by atoms with Crippen molar-refractivity contribution in [2.24, 2.45) is 0 Å². The molecule has 2 nitrogen and oxygen atoms in total. The maximum atomic E-state index is 5.75. The molecule has 2 rings (SSSR count). The highest BCUT2D eigenvalue weighted by molar-refractivity contribution is 5.24. The van der Waals surface area contributed by atoms with Gasteiger partial charge in [-0.25, -0.2) is 0 Å². The second-order valence-corrected chi connectivity index (χ2v) is 3.76.